The fraction of sp³-hybridized carbons (Fsp3) is 0.353. The molecule has 0 fully saturated rings. The maximum Gasteiger partial charge on any atom is 0.142 e. The van der Waals surface area contributed by atoms with Gasteiger partial charge in [-0.2, -0.15) is 0 Å². The van der Waals surface area contributed by atoms with Crippen molar-refractivity contribution in [2.75, 3.05) is 6.54 Å². The number of benzene rings is 1. The van der Waals surface area contributed by atoms with Gasteiger partial charge < -0.3 is 5.32 Å². The lowest BCUT2D eigenvalue weighted by Gasteiger charge is -2.19. The monoisotopic (exact) mass is 306 g/mol. The van der Waals surface area contributed by atoms with Crippen LogP contribution in [-0.4, -0.2) is 17.6 Å². The molecule has 1 atom stereocenters. The second-order valence-corrected chi connectivity index (χ2v) is 5.51. The van der Waals surface area contributed by atoms with Crippen LogP contribution in [0.5, 0.6) is 0 Å². The van der Waals surface area contributed by atoms with E-state index in [2.05, 4.69) is 23.3 Å². The van der Waals surface area contributed by atoms with E-state index < -0.39 is 0 Å². The molecule has 0 aliphatic carbocycles. The molecule has 112 valence electrons. The topological polar surface area (TPSA) is 24.9 Å². The van der Waals surface area contributed by atoms with Crippen LogP contribution in [0.3, 0.4) is 0 Å². The third-order valence-electron chi connectivity index (χ3n) is 3.39. The van der Waals surface area contributed by atoms with E-state index in [0.29, 0.717) is 6.42 Å². The molecule has 21 heavy (non-hydrogen) atoms. The molecular weight excluding hydrogens is 287 g/mol. The van der Waals surface area contributed by atoms with Crippen LogP contribution >= 0.6 is 11.6 Å². The van der Waals surface area contributed by atoms with Gasteiger partial charge in [-0.15, -0.1) is 0 Å². The van der Waals surface area contributed by atoms with Crippen molar-refractivity contribution in [1.82, 2.24) is 10.3 Å². The molecule has 1 aromatic carbocycles. The molecule has 1 aromatic heterocycles. The van der Waals surface area contributed by atoms with Crippen LogP contribution in [0.1, 0.15) is 24.5 Å². The minimum absolute atomic E-state index is 0.216. The van der Waals surface area contributed by atoms with Gasteiger partial charge in [0, 0.05) is 18.4 Å². The van der Waals surface area contributed by atoms with E-state index in [1.807, 2.05) is 18.3 Å². The average Bonchev–Trinajstić information content (AvgIpc) is 2.50. The number of rotatable bonds is 7. The van der Waals surface area contributed by atoms with Crippen molar-refractivity contribution in [2.45, 2.75) is 32.2 Å². The first-order chi connectivity index (χ1) is 10.2. The zero-order valence-electron chi connectivity index (χ0n) is 12.2. The first kappa shape index (κ1) is 15.9. The summed E-state index contributed by atoms with van der Waals surface area (Å²) in [6.07, 6.45) is 6.24. The highest BCUT2D eigenvalue weighted by atomic mass is 35.5. The predicted molar refractivity (Wildman–Crippen MR) is 85.1 cm³/mol. The zero-order chi connectivity index (χ0) is 15.1. The number of hydrogen-bond donors (Lipinski definition) is 1. The molecule has 2 nitrogen and oxygen atoms in total. The van der Waals surface area contributed by atoms with Crippen molar-refractivity contribution in [3.8, 4) is 0 Å². The summed E-state index contributed by atoms with van der Waals surface area (Å²) in [5, 5.41) is 3.73. The van der Waals surface area contributed by atoms with Crippen LogP contribution in [0.15, 0.2) is 42.7 Å². The second kappa shape index (κ2) is 8.11. The highest BCUT2D eigenvalue weighted by Gasteiger charge is 2.13. The van der Waals surface area contributed by atoms with E-state index in [-0.39, 0.29) is 16.9 Å². The Hall–Kier alpha value is -1.45. The minimum Gasteiger partial charge on any atom is -0.313 e. The van der Waals surface area contributed by atoms with Gasteiger partial charge in [0.2, 0.25) is 0 Å². The Morgan fingerprint density at radius 2 is 2.10 bits per heavy atom. The first-order valence-electron chi connectivity index (χ1n) is 7.26. The molecule has 1 unspecified atom stereocenters. The van der Waals surface area contributed by atoms with E-state index in [0.717, 1.165) is 24.9 Å². The molecule has 1 heterocycles. The number of nitrogens with one attached hydrogen (secondary N) is 1. The lowest BCUT2D eigenvalue weighted by Crippen LogP contribution is -2.34. The van der Waals surface area contributed by atoms with Crippen molar-refractivity contribution in [2.24, 2.45) is 0 Å². The summed E-state index contributed by atoms with van der Waals surface area (Å²) in [6.45, 7) is 3.06. The van der Waals surface area contributed by atoms with Crippen LogP contribution in [0.2, 0.25) is 5.02 Å². The molecular formula is C17H20ClFN2. The van der Waals surface area contributed by atoms with Gasteiger partial charge in [0.05, 0.1) is 5.02 Å². The largest absolute Gasteiger partial charge is 0.313 e. The van der Waals surface area contributed by atoms with Crippen molar-refractivity contribution in [3.63, 3.8) is 0 Å². The molecule has 4 heteroatoms. The van der Waals surface area contributed by atoms with E-state index in [9.17, 15) is 4.39 Å². The van der Waals surface area contributed by atoms with Gasteiger partial charge in [-0.25, -0.2) is 4.39 Å². The standard InChI is InChI=1S/C17H20ClFN2/c1-2-8-21-15(10-13-5-4-9-20-12-13)11-14-6-3-7-16(19)17(14)18/h3-7,9,12,15,21H,2,8,10-11H2,1H3. The molecule has 0 aliphatic rings. The smallest absolute Gasteiger partial charge is 0.142 e. The molecule has 0 bridgehead atoms. The van der Waals surface area contributed by atoms with E-state index >= 15 is 0 Å². The molecule has 0 aliphatic heterocycles. The van der Waals surface area contributed by atoms with Crippen molar-refractivity contribution in [1.29, 1.82) is 0 Å². The Kier molecular flexibility index (Phi) is 6.15. The van der Waals surface area contributed by atoms with Gasteiger partial charge in [0.15, 0.2) is 0 Å². The Labute approximate surface area is 130 Å². The molecule has 0 amide bonds. The lowest BCUT2D eigenvalue weighted by atomic mass is 9.99. The number of pyridine rings is 1. The summed E-state index contributed by atoms with van der Waals surface area (Å²) in [6, 6.07) is 9.18. The van der Waals surface area contributed by atoms with Gasteiger partial charge in [-0.1, -0.05) is 36.7 Å². The van der Waals surface area contributed by atoms with Gasteiger partial charge in [0.25, 0.3) is 0 Å². The summed E-state index contributed by atoms with van der Waals surface area (Å²) >= 11 is 6.06. The average molecular weight is 307 g/mol. The number of hydrogen-bond acceptors (Lipinski definition) is 2. The Morgan fingerprint density at radius 3 is 2.81 bits per heavy atom. The van der Waals surface area contributed by atoms with Gasteiger partial charge in [-0.05, 0) is 49.1 Å². The first-order valence-corrected chi connectivity index (χ1v) is 7.63. The van der Waals surface area contributed by atoms with Crippen LogP contribution in [0.4, 0.5) is 4.39 Å². The summed E-state index contributed by atoms with van der Waals surface area (Å²) in [5.74, 6) is -0.357. The molecule has 0 saturated carbocycles. The normalized spacial score (nSPS) is 12.3. The summed E-state index contributed by atoms with van der Waals surface area (Å²) < 4.78 is 13.5. The minimum atomic E-state index is -0.357. The highest BCUT2D eigenvalue weighted by molar-refractivity contribution is 6.31. The van der Waals surface area contributed by atoms with Crippen molar-refractivity contribution in [3.05, 3.63) is 64.7 Å². The fourth-order valence-corrected chi connectivity index (χ4v) is 2.54. The molecule has 0 spiro atoms. The second-order valence-electron chi connectivity index (χ2n) is 5.13. The molecule has 0 radical (unpaired) electrons. The maximum atomic E-state index is 13.5. The maximum absolute atomic E-state index is 13.5. The van der Waals surface area contributed by atoms with Crippen LogP contribution in [0, 0.1) is 5.82 Å². The van der Waals surface area contributed by atoms with Gasteiger partial charge in [-0.3, -0.25) is 4.98 Å². The summed E-state index contributed by atoms with van der Waals surface area (Å²) in [4.78, 5) is 4.14. The molecule has 1 N–H and O–H groups in total. The van der Waals surface area contributed by atoms with E-state index in [4.69, 9.17) is 11.6 Å². The third-order valence-corrected chi connectivity index (χ3v) is 3.81. The van der Waals surface area contributed by atoms with Crippen molar-refractivity contribution >= 4 is 11.6 Å². The van der Waals surface area contributed by atoms with Gasteiger partial charge in [0.1, 0.15) is 5.82 Å². The van der Waals surface area contributed by atoms with Crippen LogP contribution in [-0.2, 0) is 12.8 Å². The van der Waals surface area contributed by atoms with Crippen LogP contribution < -0.4 is 5.32 Å². The molecule has 2 rings (SSSR count). The lowest BCUT2D eigenvalue weighted by molar-refractivity contribution is 0.503. The highest BCUT2D eigenvalue weighted by Crippen LogP contribution is 2.21. The predicted octanol–water partition coefficient (Wildman–Crippen LogP) is 4.03. The van der Waals surface area contributed by atoms with Crippen LogP contribution in [0.25, 0.3) is 0 Å². The number of nitrogens with zero attached hydrogens (tertiary/aromatic N) is 1. The van der Waals surface area contributed by atoms with E-state index in [1.54, 1.807) is 12.3 Å². The number of halogens is 2. The Bertz CT molecular complexity index is 560. The van der Waals surface area contributed by atoms with E-state index in [1.165, 1.54) is 11.6 Å². The Morgan fingerprint density at radius 1 is 1.24 bits per heavy atom. The quantitative estimate of drug-likeness (QED) is 0.835. The third kappa shape index (κ3) is 4.80. The fourth-order valence-electron chi connectivity index (χ4n) is 2.34. The summed E-state index contributed by atoms with van der Waals surface area (Å²) in [5.41, 5.74) is 2.01. The number of aromatic nitrogens is 1. The molecule has 2 aromatic rings. The zero-order valence-corrected chi connectivity index (χ0v) is 12.9. The van der Waals surface area contributed by atoms with Gasteiger partial charge >= 0.3 is 0 Å². The SMILES string of the molecule is CCCNC(Cc1cccnc1)Cc1cccc(F)c1Cl. The Balaban J connectivity index is 2.10. The molecule has 0 saturated heterocycles. The van der Waals surface area contributed by atoms with Crippen molar-refractivity contribution < 1.29 is 4.39 Å². The summed E-state index contributed by atoms with van der Waals surface area (Å²) in [7, 11) is 0.